The summed E-state index contributed by atoms with van der Waals surface area (Å²) in [6, 6.07) is 13.9. The lowest BCUT2D eigenvalue weighted by molar-refractivity contribution is -0.152. The Morgan fingerprint density at radius 2 is 1.56 bits per heavy atom. The lowest BCUT2D eigenvalue weighted by atomic mass is 10.0. The molecule has 8 heteroatoms. The molecule has 0 saturated carbocycles. The van der Waals surface area contributed by atoms with Crippen LogP contribution in [-0.4, -0.2) is 31.5 Å². The predicted octanol–water partition coefficient (Wildman–Crippen LogP) is 5.70. The van der Waals surface area contributed by atoms with Crippen molar-refractivity contribution >= 4 is 5.97 Å². The molecule has 36 heavy (non-hydrogen) atoms. The molecule has 0 aliphatic heterocycles. The van der Waals surface area contributed by atoms with E-state index in [2.05, 4.69) is 14.9 Å². The van der Waals surface area contributed by atoms with E-state index in [0.717, 1.165) is 28.0 Å². The van der Waals surface area contributed by atoms with E-state index in [4.69, 9.17) is 13.6 Å². The second-order valence-electron chi connectivity index (χ2n) is 9.47. The van der Waals surface area contributed by atoms with Crippen molar-refractivity contribution in [2.45, 2.75) is 59.9 Å². The molecule has 2 aromatic heterocycles. The van der Waals surface area contributed by atoms with Gasteiger partial charge in [-0.05, 0) is 51.3 Å². The standard InChI is InChI=1S/C28H31N3O5/c1-18-11-21(12-19(2)26(18)36-28(4,5)27(32)33)15-31(16-24-29-13-20(3)34-24)17-25-30-14-23(35-25)22-9-7-6-8-10-22/h6-14H,15-17H2,1-5H3,(H,32,33). The molecule has 0 radical (unpaired) electrons. The molecule has 188 valence electrons. The first-order valence-electron chi connectivity index (χ1n) is 11.8. The van der Waals surface area contributed by atoms with Crippen molar-refractivity contribution < 1.29 is 23.5 Å². The quantitative estimate of drug-likeness (QED) is 0.303. The van der Waals surface area contributed by atoms with E-state index in [1.807, 2.05) is 63.2 Å². The fourth-order valence-corrected chi connectivity index (χ4v) is 3.99. The van der Waals surface area contributed by atoms with Gasteiger partial charge in [0, 0.05) is 12.1 Å². The van der Waals surface area contributed by atoms with E-state index in [9.17, 15) is 9.90 Å². The minimum atomic E-state index is -1.33. The fourth-order valence-electron chi connectivity index (χ4n) is 3.99. The van der Waals surface area contributed by atoms with E-state index in [1.54, 1.807) is 26.2 Å². The van der Waals surface area contributed by atoms with Crippen LogP contribution in [0, 0.1) is 20.8 Å². The highest BCUT2D eigenvalue weighted by molar-refractivity contribution is 5.77. The van der Waals surface area contributed by atoms with Gasteiger partial charge in [0.1, 0.15) is 11.5 Å². The Balaban J connectivity index is 1.57. The summed E-state index contributed by atoms with van der Waals surface area (Å²) in [5.74, 6) is 2.24. The third-order valence-electron chi connectivity index (χ3n) is 5.80. The maximum Gasteiger partial charge on any atom is 0.347 e. The zero-order chi connectivity index (χ0) is 25.9. The average molecular weight is 490 g/mol. The van der Waals surface area contributed by atoms with Gasteiger partial charge in [-0.15, -0.1) is 0 Å². The number of aromatic nitrogens is 2. The topological polar surface area (TPSA) is 102 Å². The van der Waals surface area contributed by atoms with Crippen LogP contribution in [0.25, 0.3) is 11.3 Å². The molecule has 1 N–H and O–H groups in total. The second kappa shape index (κ2) is 10.4. The van der Waals surface area contributed by atoms with Crippen LogP contribution in [-0.2, 0) is 24.4 Å². The highest BCUT2D eigenvalue weighted by Gasteiger charge is 2.30. The van der Waals surface area contributed by atoms with E-state index in [-0.39, 0.29) is 0 Å². The second-order valence-corrected chi connectivity index (χ2v) is 9.47. The van der Waals surface area contributed by atoms with Crippen molar-refractivity contribution in [2.75, 3.05) is 0 Å². The van der Waals surface area contributed by atoms with Gasteiger partial charge < -0.3 is 18.7 Å². The smallest absolute Gasteiger partial charge is 0.347 e. The van der Waals surface area contributed by atoms with Gasteiger partial charge in [0.05, 0.1) is 25.5 Å². The number of aryl methyl sites for hydroxylation is 3. The molecule has 0 amide bonds. The van der Waals surface area contributed by atoms with Gasteiger partial charge in [-0.1, -0.05) is 42.5 Å². The predicted molar refractivity (Wildman–Crippen MR) is 134 cm³/mol. The first-order chi connectivity index (χ1) is 17.1. The SMILES string of the molecule is Cc1cnc(CN(Cc2cc(C)c(OC(C)(C)C(=O)O)c(C)c2)Cc2ncc(-c3ccccc3)o2)o1. The number of carboxylic acid groups (broad SMARTS) is 1. The summed E-state index contributed by atoms with van der Waals surface area (Å²) in [7, 11) is 0. The lowest BCUT2D eigenvalue weighted by Gasteiger charge is -2.25. The van der Waals surface area contributed by atoms with Crippen molar-refractivity contribution in [3.63, 3.8) is 0 Å². The summed E-state index contributed by atoms with van der Waals surface area (Å²) in [6.45, 7) is 10.3. The first kappa shape index (κ1) is 25.2. The van der Waals surface area contributed by atoms with Crippen LogP contribution in [0.1, 0.15) is 48.1 Å². The summed E-state index contributed by atoms with van der Waals surface area (Å²) in [4.78, 5) is 22.5. The van der Waals surface area contributed by atoms with Crippen LogP contribution in [0.15, 0.2) is 63.7 Å². The molecule has 0 aliphatic rings. The Morgan fingerprint density at radius 1 is 0.944 bits per heavy atom. The van der Waals surface area contributed by atoms with Crippen LogP contribution < -0.4 is 4.74 Å². The van der Waals surface area contributed by atoms with Crippen molar-refractivity contribution in [2.24, 2.45) is 0 Å². The fraction of sp³-hybridized carbons (Fsp3) is 0.321. The van der Waals surface area contributed by atoms with Crippen molar-refractivity contribution in [3.05, 3.63) is 89.1 Å². The van der Waals surface area contributed by atoms with Gasteiger partial charge in [0.25, 0.3) is 0 Å². The summed E-state index contributed by atoms with van der Waals surface area (Å²) < 4.78 is 17.6. The van der Waals surface area contributed by atoms with Gasteiger partial charge in [0.15, 0.2) is 11.4 Å². The number of oxazole rings is 2. The third kappa shape index (κ3) is 6.01. The first-order valence-corrected chi connectivity index (χ1v) is 11.8. The van der Waals surface area contributed by atoms with Gasteiger partial charge in [-0.25, -0.2) is 14.8 Å². The van der Waals surface area contributed by atoms with Crippen molar-refractivity contribution in [1.82, 2.24) is 14.9 Å². The van der Waals surface area contributed by atoms with Crippen molar-refractivity contribution in [3.8, 4) is 17.1 Å². The molecule has 4 aromatic rings. The van der Waals surface area contributed by atoms with Crippen LogP contribution in [0.5, 0.6) is 5.75 Å². The number of benzene rings is 2. The Hall–Kier alpha value is -3.91. The molecule has 0 unspecified atom stereocenters. The van der Waals surface area contributed by atoms with Gasteiger partial charge in [0.2, 0.25) is 11.8 Å². The minimum absolute atomic E-state index is 0.455. The molecular formula is C28H31N3O5. The molecular weight excluding hydrogens is 458 g/mol. The Morgan fingerprint density at radius 3 is 2.14 bits per heavy atom. The van der Waals surface area contributed by atoms with Crippen LogP contribution in [0.3, 0.4) is 0 Å². The zero-order valence-electron chi connectivity index (χ0n) is 21.2. The molecule has 2 aromatic carbocycles. The Bertz CT molecular complexity index is 1320. The molecule has 8 nitrogen and oxygen atoms in total. The van der Waals surface area contributed by atoms with Gasteiger partial charge in [-0.3, -0.25) is 4.90 Å². The summed E-state index contributed by atoms with van der Waals surface area (Å²) in [5, 5.41) is 9.45. The minimum Gasteiger partial charge on any atom is -0.478 e. The molecule has 0 fully saturated rings. The number of nitrogens with zero attached hydrogens (tertiary/aromatic N) is 3. The molecule has 0 aliphatic carbocycles. The van der Waals surface area contributed by atoms with Crippen LogP contribution in [0.4, 0.5) is 0 Å². The monoisotopic (exact) mass is 489 g/mol. The number of hydrogen-bond donors (Lipinski definition) is 1. The number of carbonyl (C=O) groups is 1. The summed E-state index contributed by atoms with van der Waals surface area (Å²) in [5.41, 5.74) is 2.43. The zero-order valence-corrected chi connectivity index (χ0v) is 21.2. The molecule has 4 rings (SSSR count). The summed E-state index contributed by atoms with van der Waals surface area (Å²) in [6.07, 6.45) is 3.44. The largest absolute Gasteiger partial charge is 0.478 e. The highest BCUT2D eigenvalue weighted by atomic mass is 16.5. The number of rotatable bonds is 10. The number of hydrogen-bond acceptors (Lipinski definition) is 7. The van der Waals surface area contributed by atoms with Crippen LogP contribution >= 0.6 is 0 Å². The Kier molecular flexibility index (Phi) is 7.26. The summed E-state index contributed by atoms with van der Waals surface area (Å²) >= 11 is 0. The van der Waals surface area contributed by atoms with E-state index < -0.39 is 11.6 Å². The normalized spacial score (nSPS) is 11.7. The number of aliphatic carboxylic acids is 1. The number of ether oxygens (including phenoxy) is 1. The molecule has 2 heterocycles. The number of carboxylic acids is 1. The van der Waals surface area contributed by atoms with E-state index in [0.29, 0.717) is 42.9 Å². The van der Waals surface area contributed by atoms with Gasteiger partial charge in [-0.2, -0.15) is 0 Å². The maximum atomic E-state index is 11.5. The van der Waals surface area contributed by atoms with E-state index in [1.165, 1.54) is 0 Å². The van der Waals surface area contributed by atoms with E-state index >= 15 is 0 Å². The van der Waals surface area contributed by atoms with Crippen molar-refractivity contribution in [1.29, 1.82) is 0 Å². The Labute approximate surface area is 210 Å². The average Bonchev–Trinajstić information content (AvgIpc) is 3.45. The molecule has 0 spiro atoms. The lowest BCUT2D eigenvalue weighted by Crippen LogP contribution is -2.38. The molecule has 0 atom stereocenters. The molecule has 0 saturated heterocycles. The third-order valence-corrected chi connectivity index (χ3v) is 5.80. The molecule has 0 bridgehead atoms. The van der Waals surface area contributed by atoms with Gasteiger partial charge >= 0.3 is 5.97 Å². The maximum absolute atomic E-state index is 11.5. The highest BCUT2D eigenvalue weighted by Crippen LogP contribution is 2.30. The van der Waals surface area contributed by atoms with Crippen LogP contribution in [0.2, 0.25) is 0 Å².